The van der Waals surface area contributed by atoms with Crippen LogP contribution in [-0.2, 0) is 10.5 Å². The fourth-order valence-corrected chi connectivity index (χ4v) is 3.19. The van der Waals surface area contributed by atoms with Crippen molar-refractivity contribution in [3.8, 4) is 11.5 Å². The van der Waals surface area contributed by atoms with Gasteiger partial charge in [0.2, 0.25) is 5.91 Å². The lowest BCUT2D eigenvalue weighted by Crippen LogP contribution is -2.14. The second-order valence-electron chi connectivity index (χ2n) is 5.06. The average Bonchev–Trinajstić information content (AvgIpc) is 3.06. The van der Waals surface area contributed by atoms with Crippen molar-refractivity contribution in [1.82, 2.24) is 10.2 Å². The largest absolute Gasteiger partial charge is 0.403 e. The molecule has 25 heavy (non-hydrogen) atoms. The summed E-state index contributed by atoms with van der Waals surface area (Å²) in [6, 6.07) is 14.9. The minimum atomic E-state index is -0.215. The number of benzene rings is 2. The molecule has 0 aliphatic carbocycles. The smallest absolute Gasteiger partial charge is 0.322 e. The Morgan fingerprint density at radius 2 is 1.92 bits per heavy atom. The molecule has 2 aromatic carbocycles. The summed E-state index contributed by atoms with van der Waals surface area (Å²) in [5.41, 5.74) is 1.68. The summed E-state index contributed by atoms with van der Waals surface area (Å²) in [5.74, 6) is 1.01. The van der Waals surface area contributed by atoms with Gasteiger partial charge in [-0.15, -0.1) is 16.9 Å². The quantitative estimate of drug-likeness (QED) is 0.643. The molecule has 0 aliphatic rings. The molecule has 0 bridgehead atoms. The van der Waals surface area contributed by atoms with E-state index in [1.807, 2.05) is 30.3 Å². The van der Waals surface area contributed by atoms with Gasteiger partial charge >= 0.3 is 6.01 Å². The van der Waals surface area contributed by atoms with Crippen LogP contribution < -0.4 is 5.32 Å². The molecular weight excluding hydrogens is 381 g/mol. The zero-order valence-electron chi connectivity index (χ0n) is 12.9. The van der Waals surface area contributed by atoms with Crippen molar-refractivity contribution in [3.63, 3.8) is 0 Å². The van der Waals surface area contributed by atoms with E-state index < -0.39 is 0 Å². The number of halogens is 2. The molecule has 5 nitrogen and oxygen atoms in total. The Hall–Kier alpha value is -2.02. The summed E-state index contributed by atoms with van der Waals surface area (Å²) in [7, 11) is 0. The third-order valence-corrected chi connectivity index (χ3v) is 4.74. The van der Waals surface area contributed by atoms with E-state index in [4.69, 9.17) is 27.6 Å². The van der Waals surface area contributed by atoms with Crippen LogP contribution in [0.3, 0.4) is 0 Å². The molecule has 3 aromatic rings. The number of carbonyl (C=O) groups is 1. The van der Waals surface area contributed by atoms with Gasteiger partial charge in [-0.2, -0.15) is 0 Å². The second-order valence-corrected chi connectivity index (χ2v) is 6.89. The van der Waals surface area contributed by atoms with Crippen molar-refractivity contribution in [1.29, 1.82) is 0 Å². The summed E-state index contributed by atoms with van der Waals surface area (Å²) < 4.78 is 5.43. The number of carbonyl (C=O) groups excluding carboxylic acids is 1. The summed E-state index contributed by atoms with van der Waals surface area (Å²) in [5, 5.41) is 11.2. The zero-order valence-corrected chi connectivity index (χ0v) is 15.2. The second kappa shape index (κ2) is 8.38. The molecule has 0 fully saturated rings. The van der Waals surface area contributed by atoms with Crippen LogP contribution in [0.15, 0.2) is 52.9 Å². The summed E-state index contributed by atoms with van der Waals surface area (Å²) in [6.07, 6.45) is 0. The third-order valence-electron chi connectivity index (χ3n) is 3.17. The third kappa shape index (κ3) is 4.98. The van der Waals surface area contributed by atoms with Crippen LogP contribution in [-0.4, -0.2) is 21.9 Å². The molecule has 1 amide bonds. The fourth-order valence-electron chi connectivity index (χ4n) is 2.04. The van der Waals surface area contributed by atoms with Crippen molar-refractivity contribution >= 4 is 46.9 Å². The summed E-state index contributed by atoms with van der Waals surface area (Å²) >= 11 is 13.5. The molecule has 1 aromatic heterocycles. The minimum absolute atomic E-state index is 0.0244. The molecule has 0 radical (unpaired) electrons. The SMILES string of the molecule is O=C(CSCc1ccccc1)Nc1nnc(-c2cc(Cl)ccc2Cl)o1. The first kappa shape index (κ1) is 17.8. The van der Waals surface area contributed by atoms with E-state index in [1.54, 1.807) is 18.2 Å². The number of amides is 1. The van der Waals surface area contributed by atoms with Crippen LogP contribution in [0.5, 0.6) is 0 Å². The van der Waals surface area contributed by atoms with E-state index in [2.05, 4.69) is 15.5 Å². The number of nitrogens with one attached hydrogen (secondary N) is 1. The van der Waals surface area contributed by atoms with E-state index in [1.165, 1.54) is 11.8 Å². The van der Waals surface area contributed by atoms with Crippen LogP contribution in [0.25, 0.3) is 11.5 Å². The average molecular weight is 394 g/mol. The predicted octanol–water partition coefficient (Wildman–Crippen LogP) is 4.92. The number of hydrogen-bond donors (Lipinski definition) is 1. The Labute approximate surface area is 158 Å². The molecule has 3 rings (SSSR count). The van der Waals surface area contributed by atoms with Gasteiger partial charge in [-0.3, -0.25) is 10.1 Å². The number of nitrogens with zero attached hydrogens (tertiary/aromatic N) is 2. The highest BCUT2D eigenvalue weighted by atomic mass is 35.5. The Morgan fingerprint density at radius 3 is 2.72 bits per heavy atom. The Kier molecular flexibility index (Phi) is 5.96. The van der Waals surface area contributed by atoms with Gasteiger partial charge in [0.25, 0.3) is 5.89 Å². The molecular formula is C17H13Cl2N3O2S. The topological polar surface area (TPSA) is 68.0 Å². The van der Waals surface area contributed by atoms with Crippen LogP contribution in [0, 0.1) is 0 Å². The maximum Gasteiger partial charge on any atom is 0.322 e. The first-order valence-corrected chi connectivity index (χ1v) is 9.23. The standard InChI is InChI=1S/C17H13Cl2N3O2S/c18-12-6-7-14(19)13(8-12)16-21-22-17(24-16)20-15(23)10-25-9-11-4-2-1-3-5-11/h1-8H,9-10H2,(H,20,22,23). The van der Waals surface area contributed by atoms with Gasteiger partial charge < -0.3 is 4.42 Å². The van der Waals surface area contributed by atoms with Crippen LogP contribution in [0.4, 0.5) is 6.01 Å². The molecule has 1 N–H and O–H groups in total. The first-order valence-electron chi connectivity index (χ1n) is 7.32. The van der Waals surface area contributed by atoms with E-state index in [0.717, 1.165) is 11.3 Å². The fraction of sp³-hybridized carbons (Fsp3) is 0.118. The van der Waals surface area contributed by atoms with Crippen molar-refractivity contribution in [2.45, 2.75) is 5.75 Å². The van der Waals surface area contributed by atoms with Crippen molar-refractivity contribution in [2.24, 2.45) is 0 Å². The Morgan fingerprint density at radius 1 is 1.12 bits per heavy atom. The highest BCUT2D eigenvalue weighted by molar-refractivity contribution is 7.99. The van der Waals surface area contributed by atoms with Crippen molar-refractivity contribution < 1.29 is 9.21 Å². The summed E-state index contributed by atoms with van der Waals surface area (Å²) in [6.45, 7) is 0. The predicted molar refractivity (Wildman–Crippen MR) is 101 cm³/mol. The van der Waals surface area contributed by atoms with Crippen molar-refractivity contribution in [3.05, 3.63) is 64.1 Å². The van der Waals surface area contributed by atoms with Gasteiger partial charge in [-0.1, -0.05) is 58.6 Å². The molecule has 0 unspecified atom stereocenters. The molecule has 128 valence electrons. The van der Waals surface area contributed by atoms with E-state index in [0.29, 0.717) is 15.6 Å². The number of anilines is 1. The van der Waals surface area contributed by atoms with Crippen LogP contribution >= 0.6 is 35.0 Å². The van der Waals surface area contributed by atoms with E-state index >= 15 is 0 Å². The zero-order chi connectivity index (χ0) is 17.6. The highest BCUT2D eigenvalue weighted by Gasteiger charge is 2.14. The van der Waals surface area contributed by atoms with Gasteiger partial charge in [-0.05, 0) is 23.8 Å². The number of thioether (sulfide) groups is 1. The van der Waals surface area contributed by atoms with Gasteiger partial charge in [0.15, 0.2) is 0 Å². The van der Waals surface area contributed by atoms with Crippen LogP contribution in [0.1, 0.15) is 5.56 Å². The molecule has 0 aliphatic heterocycles. The lowest BCUT2D eigenvalue weighted by atomic mass is 10.2. The molecule has 0 atom stereocenters. The lowest BCUT2D eigenvalue weighted by molar-refractivity contribution is -0.113. The van der Waals surface area contributed by atoms with Crippen molar-refractivity contribution in [2.75, 3.05) is 11.1 Å². The molecule has 0 spiro atoms. The van der Waals surface area contributed by atoms with Crippen LogP contribution in [0.2, 0.25) is 10.0 Å². The van der Waals surface area contributed by atoms with Gasteiger partial charge in [0, 0.05) is 10.8 Å². The lowest BCUT2D eigenvalue weighted by Gasteiger charge is -2.02. The minimum Gasteiger partial charge on any atom is -0.403 e. The molecule has 0 saturated carbocycles. The maximum absolute atomic E-state index is 12.0. The van der Waals surface area contributed by atoms with E-state index in [-0.39, 0.29) is 23.6 Å². The number of hydrogen-bond acceptors (Lipinski definition) is 5. The highest BCUT2D eigenvalue weighted by Crippen LogP contribution is 2.30. The monoisotopic (exact) mass is 393 g/mol. The van der Waals surface area contributed by atoms with Gasteiger partial charge in [0.05, 0.1) is 16.3 Å². The Balaban J connectivity index is 1.56. The van der Waals surface area contributed by atoms with E-state index in [9.17, 15) is 4.79 Å². The normalized spacial score (nSPS) is 10.6. The molecule has 0 saturated heterocycles. The number of aromatic nitrogens is 2. The first-order chi connectivity index (χ1) is 12.1. The van der Waals surface area contributed by atoms with Gasteiger partial charge in [0.1, 0.15) is 0 Å². The summed E-state index contributed by atoms with van der Waals surface area (Å²) in [4.78, 5) is 12.0. The Bertz CT molecular complexity index is 871. The molecule has 8 heteroatoms. The molecule has 1 heterocycles. The number of rotatable bonds is 6. The van der Waals surface area contributed by atoms with Gasteiger partial charge in [-0.25, -0.2) is 0 Å². The maximum atomic E-state index is 12.0.